The molecule has 1 atom stereocenters. The quantitative estimate of drug-likeness (QED) is 0.652. The Morgan fingerprint density at radius 1 is 1.30 bits per heavy atom. The number of nitrogens with one attached hydrogen (secondary N) is 1. The first kappa shape index (κ1) is 16.9. The van der Waals surface area contributed by atoms with Gasteiger partial charge in [-0.3, -0.25) is 9.69 Å². The Kier molecular flexibility index (Phi) is 8.23. The van der Waals surface area contributed by atoms with E-state index in [0.717, 1.165) is 19.6 Å². The number of carbonyl (C=O) groups is 1. The third-order valence-corrected chi connectivity index (χ3v) is 3.75. The van der Waals surface area contributed by atoms with Gasteiger partial charge in [-0.2, -0.15) is 0 Å². The van der Waals surface area contributed by atoms with E-state index in [2.05, 4.69) is 30.3 Å². The molecule has 1 N–H and O–H groups in total. The van der Waals surface area contributed by atoms with Crippen LogP contribution in [-0.2, 0) is 4.79 Å². The average molecular weight is 279 g/mol. The highest BCUT2D eigenvalue weighted by molar-refractivity contribution is 5.78. The van der Waals surface area contributed by atoms with Gasteiger partial charge in [-0.05, 0) is 25.9 Å². The van der Waals surface area contributed by atoms with Gasteiger partial charge >= 0.3 is 0 Å². The predicted molar refractivity (Wildman–Crippen MR) is 84.7 cm³/mol. The lowest BCUT2D eigenvalue weighted by atomic mass is 10.0. The van der Waals surface area contributed by atoms with Crippen LogP contribution in [0.2, 0.25) is 0 Å². The third-order valence-electron chi connectivity index (χ3n) is 3.75. The SMILES string of the molecule is C=CCN(CC=C)C(=O)CN(CC)CC1CCCCN1. The molecule has 0 spiro atoms. The van der Waals surface area contributed by atoms with Crippen molar-refractivity contribution in [2.75, 3.05) is 39.3 Å². The summed E-state index contributed by atoms with van der Waals surface area (Å²) in [6.07, 6.45) is 7.31. The minimum atomic E-state index is 0.155. The van der Waals surface area contributed by atoms with Crippen LogP contribution in [-0.4, -0.2) is 61.0 Å². The lowest BCUT2D eigenvalue weighted by molar-refractivity contribution is -0.131. The Hall–Kier alpha value is -1.13. The molecule has 0 aromatic heterocycles. The molecule has 1 saturated heterocycles. The normalized spacial score (nSPS) is 18.8. The zero-order valence-corrected chi connectivity index (χ0v) is 12.8. The number of nitrogens with zero attached hydrogens (tertiary/aromatic N) is 2. The summed E-state index contributed by atoms with van der Waals surface area (Å²) in [4.78, 5) is 16.3. The Bertz CT molecular complexity index is 301. The molecule has 1 unspecified atom stereocenters. The fourth-order valence-electron chi connectivity index (χ4n) is 2.58. The fourth-order valence-corrected chi connectivity index (χ4v) is 2.58. The van der Waals surface area contributed by atoms with Crippen molar-refractivity contribution < 1.29 is 4.79 Å². The summed E-state index contributed by atoms with van der Waals surface area (Å²) in [5.41, 5.74) is 0. The maximum atomic E-state index is 12.3. The smallest absolute Gasteiger partial charge is 0.237 e. The van der Waals surface area contributed by atoms with Gasteiger partial charge in [-0.1, -0.05) is 25.5 Å². The Labute approximate surface area is 123 Å². The molecule has 114 valence electrons. The molecule has 1 fully saturated rings. The van der Waals surface area contributed by atoms with Gasteiger partial charge in [0.2, 0.25) is 5.91 Å². The van der Waals surface area contributed by atoms with Crippen molar-refractivity contribution in [2.24, 2.45) is 0 Å². The van der Waals surface area contributed by atoms with E-state index in [1.165, 1.54) is 19.3 Å². The molecular formula is C16H29N3O. The first-order valence-corrected chi connectivity index (χ1v) is 7.66. The highest BCUT2D eigenvalue weighted by Gasteiger charge is 2.19. The van der Waals surface area contributed by atoms with Crippen LogP contribution in [0.5, 0.6) is 0 Å². The first-order chi connectivity index (χ1) is 9.71. The summed E-state index contributed by atoms with van der Waals surface area (Å²) >= 11 is 0. The van der Waals surface area contributed by atoms with Gasteiger partial charge in [-0.25, -0.2) is 0 Å². The van der Waals surface area contributed by atoms with Crippen LogP contribution in [0.3, 0.4) is 0 Å². The van der Waals surface area contributed by atoms with Crippen molar-refractivity contribution in [1.82, 2.24) is 15.1 Å². The molecule has 20 heavy (non-hydrogen) atoms. The van der Waals surface area contributed by atoms with Gasteiger partial charge in [0.1, 0.15) is 0 Å². The summed E-state index contributed by atoms with van der Waals surface area (Å²) in [5.74, 6) is 0.155. The summed E-state index contributed by atoms with van der Waals surface area (Å²) in [7, 11) is 0. The van der Waals surface area contributed by atoms with E-state index in [0.29, 0.717) is 25.7 Å². The van der Waals surface area contributed by atoms with E-state index in [1.54, 1.807) is 17.1 Å². The second kappa shape index (κ2) is 9.72. The maximum Gasteiger partial charge on any atom is 0.237 e. The van der Waals surface area contributed by atoms with E-state index >= 15 is 0 Å². The largest absolute Gasteiger partial charge is 0.334 e. The van der Waals surface area contributed by atoms with E-state index in [4.69, 9.17) is 0 Å². The molecule has 0 radical (unpaired) electrons. The van der Waals surface area contributed by atoms with Crippen molar-refractivity contribution >= 4 is 5.91 Å². The number of carbonyl (C=O) groups excluding carboxylic acids is 1. The molecule has 1 aliphatic rings. The zero-order chi connectivity index (χ0) is 14.8. The van der Waals surface area contributed by atoms with Gasteiger partial charge in [0.15, 0.2) is 0 Å². The molecule has 0 aliphatic carbocycles. The number of piperidine rings is 1. The van der Waals surface area contributed by atoms with Crippen LogP contribution < -0.4 is 5.32 Å². The first-order valence-electron chi connectivity index (χ1n) is 7.66. The van der Waals surface area contributed by atoms with Gasteiger partial charge < -0.3 is 10.2 Å². The van der Waals surface area contributed by atoms with Crippen molar-refractivity contribution in [1.29, 1.82) is 0 Å². The van der Waals surface area contributed by atoms with Crippen molar-refractivity contribution in [2.45, 2.75) is 32.2 Å². The molecule has 0 aromatic rings. The second-order valence-electron chi connectivity index (χ2n) is 5.35. The van der Waals surface area contributed by atoms with E-state index in [-0.39, 0.29) is 5.91 Å². The number of amides is 1. The molecule has 4 heteroatoms. The fraction of sp³-hybridized carbons (Fsp3) is 0.688. The minimum absolute atomic E-state index is 0.155. The van der Waals surface area contributed by atoms with Gasteiger partial charge in [-0.15, -0.1) is 13.2 Å². The standard InChI is InChI=1S/C16H29N3O/c1-4-11-19(12-5-2)16(20)14-18(6-3)13-15-9-7-8-10-17-15/h4-5,15,17H,1-2,6-14H2,3H3. The maximum absolute atomic E-state index is 12.3. The lowest BCUT2D eigenvalue weighted by Crippen LogP contribution is -2.47. The Balaban J connectivity index is 2.45. The number of rotatable bonds is 9. The second-order valence-corrected chi connectivity index (χ2v) is 5.35. The molecule has 1 amide bonds. The van der Waals surface area contributed by atoms with Crippen LogP contribution in [0, 0.1) is 0 Å². The Morgan fingerprint density at radius 3 is 2.50 bits per heavy atom. The molecule has 1 heterocycles. The van der Waals surface area contributed by atoms with Gasteiger partial charge in [0.05, 0.1) is 6.54 Å². The summed E-state index contributed by atoms with van der Waals surface area (Å²) in [6, 6.07) is 0.531. The van der Waals surface area contributed by atoms with Crippen molar-refractivity contribution in [3.63, 3.8) is 0 Å². The van der Waals surface area contributed by atoms with Gasteiger partial charge in [0, 0.05) is 25.7 Å². The Morgan fingerprint density at radius 2 is 2.00 bits per heavy atom. The average Bonchev–Trinajstić information content (AvgIpc) is 2.47. The van der Waals surface area contributed by atoms with E-state index in [1.807, 2.05) is 0 Å². The number of hydrogen-bond donors (Lipinski definition) is 1. The van der Waals surface area contributed by atoms with Gasteiger partial charge in [0.25, 0.3) is 0 Å². The lowest BCUT2D eigenvalue weighted by Gasteiger charge is -2.31. The number of likely N-dealkylation sites (N-methyl/N-ethyl adjacent to an activating group) is 1. The van der Waals surface area contributed by atoms with Crippen LogP contribution in [0.25, 0.3) is 0 Å². The van der Waals surface area contributed by atoms with Crippen molar-refractivity contribution in [3.05, 3.63) is 25.3 Å². The number of hydrogen-bond acceptors (Lipinski definition) is 3. The minimum Gasteiger partial charge on any atom is -0.334 e. The molecule has 4 nitrogen and oxygen atoms in total. The summed E-state index contributed by atoms with van der Waals surface area (Å²) in [5, 5.41) is 3.54. The molecule has 1 rings (SSSR count). The van der Waals surface area contributed by atoms with E-state index in [9.17, 15) is 4.79 Å². The monoisotopic (exact) mass is 279 g/mol. The summed E-state index contributed by atoms with van der Waals surface area (Å²) in [6.45, 7) is 14.1. The zero-order valence-electron chi connectivity index (χ0n) is 12.8. The van der Waals surface area contributed by atoms with Crippen LogP contribution in [0.15, 0.2) is 25.3 Å². The third kappa shape index (κ3) is 5.88. The van der Waals surface area contributed by atoms with E-state index < -0.39 is 0 Å². The van der Waals surface area contributed by atoms with Crippen LogP contribution >= 0.6 is 0 Å². The molecule has 0 aromatic carbocycles. The topological polar surface area (TPSA) is 35.6 Å². The highest BCUT2D eigenvalue weighted by Crippen LogP contribution is 2.08. The van der Waals surface area contributed by atoms with Crippen molar-refractivity contribution in [3.8, 4) is 0 Å². The summed E-state index contributed by atoms with van der Waals surface area (Å²) < 4.78 is 0. The van der Waals surface area contributed by atoms with Crippen LogP contribution in [0.4, 0.5) is 0 Å². The molecular weight excluding hydrogens is 250 g/mol. The predicted octanol–water partition coefficient (Wildman–Crippen LogP) is 1.65. The molecule has 0 bridgehead atoms. The molecule has 1 aliphatic heterocycles. The molecule has 0 saturated carbocycles. The van der Waals surface area contributed by atoms with Crippen LogP contribution in [0.1, 0.15) is 26.2 Å². The highest BCUT2D eigenvalue weighted by atomic mass is 16.2.